The molecule has 4 rings (SSSR count). The van der Waals surface area contributed by atoms with Gasteiger partial charge in [-0.25, -0.2) is 9.37 Å². The van der Waals surface area contributed by atoms with Crippen molar-refractivity contribution in [3.8, 4) is 11.8 Å². The van der Waals surface area contributed by atoms with Crippen molar-refractivity contribution in [1.29, 1.82) is 5.26 Å². The summed E-state index contributed by atoms with van der Waals surface area (Å²) in [6.07, 6.45) is 1.64. The summed E-state index contributed by atoms with van der Waals surface area (Å²) >= 11 is 3.33. The summed E-state index contributed by atoms with van der Waals surface area (Å²) < 4.78 is 22.3. The summed E-state index contributed by atoms with van der Waals surface area (Å²) in [4.78, 5) is 19.2. The van der Waals surface area contributed by atoms with E-state index in [9.17, 15) is 14.4 Å². The fourth-order valence-electron chi connectivity index (χ4n) is 3.99. The molecule has 1 aliphatic heterocycles. The zero-order valence-corrected chi connectivity index (χ0v) is 19.7. The fraction of sp³-hybridized carbons (Fsp3) is 0.304. The summed E-state index contributed by atoms with van der Waals surface area (Å²) in [5, 5.41) is 13.6. The number of nitriles is 1. The van der Waals surface area contributed by atoms with Gasteiger partial charge in [-0.1, -0.05) is 0 Å². The molecule has 0 saturated carbocycles. The zero-order chi connectivity index (χ0) is 23.7. The van der Waals surface area contributed by atoms with Crippen molar-refractivity contribution in [1.82, 2.24) is 19.7 Å². The van der Waals surface area contributed by atoms with E-state index in [0.717, 1.165) is 12.1 Å². The first-order chi connectivity index (χ1) is 15.8. The molecule has 1 saturated heterocycles. The van der Waals surface area contributed by atoms with E-state index in [1.807, 2.05) is 0 Å². The van der Waals surface area contributed by atoms with Gasteiger partial charge < -0.3 is 15.4 Å². The maximum atomic E-state index is 14.1. The van der Waals surface area contributed by atoms with E-state index in [2.05, 4.69) is 32.1 Å². The first-order valence-corrected chi connectivity index (χ1v) is 11.2. The van der Waals surface area contributed by atoms with Crippen molar-refractivity contribution in [2.24, 2.45) is 7.05 Å². The second-order valence-electron chi connectivity index (χ2n) is 7.96. The fourth-order valence-corrected chi connectivity index (χ4v) is 4.30. The largest absolute Gasteiger partial charge is 0.482 e. The monoisotopic (exact) mass is 512 g/mol. The Kier molecular flexibility index (Phi) is 6.33. The molecule has 2 N–H and O–H groups in total. The van der Waals surface area contributed by atoms with Crippen LogP contribution in [0.5, 0.6) is 5.75 Å². The highest BCUT2D eigenvalue weighted by Crippen LogP contribution is 2.32. The normalized spacial score (nSPS) is 16.5. The van der Waals surface area contributed by atoms with Crippen LogP contribution in [0, 0.1) is 17.1 Å². The van der Waals surface area contributed by atoms with Crippen LogP contribution in [-0.4, -0.2) is 38.7 Å². The van der Waals surface area contributed by atoms with Crippen molar-refractivity contribution in [2.75, 3.05) is 18.8 Å². The van der Waals surface area contributed by atoms with Gasteiger partial charge in [-0.05, 0) is 59.6 Å². The summed E-state index contributed by atoms with van der Waals surface area (Å²) in [6.45, 7) is 2.74. The van der Waals surface area contributed by atoms with E-state index < -0.39 is 11.9 Å². The van der Waals surface area contributed by atoms with Crippen molar-refractivity contribution >= 4 is 27.7 Å². The molecule has 8 nitrogen and oxygen atoms in total. The van der Waals surface area contributed by atoms with Crippen LogP contribution in [0.25, 0.3) is 0 Å². The number of nitrogens with zero attached hydrogens (tertiary/aromatic N) is 5. The standard InChI is InChI=1S/C23H22BrFN6O2/c1-13(33-21-7-15(24)11-28-22(21)27)19-8-16(25)3-4-18(19)23(32)31-6-5-14(12-31)20-9-17(10-26)30(2)29-20/h3-4,7-9,11,13-14H,5-6,12H2,1-2H3,(H2,27,28). The number of nitrogen functional groups attached to an aromatic ring is 1. The van der Waals surface area contributed by atoms with Gasteiger partial charge in [-0.15, -0.1) is 0 Å². The quantitative estimate of drug-likeness (QED) is 0.554. The minimum Gasteiger partial charge on any atom is -0.482 e. The molecular weight excluding hydrogens is 491 g/mol. The molecule has 1 aliphatic rings. The van der Waals surface area contributed by atoms with Gasteiger partial charge in [-0.3, -0.25) is 9.48 Å². The van der Waals surface area contributed by atoms with E-state index in [1.54, 1.807) is 41.9 Å². The van der Waals surface area contributed by atoms with E-state index in [4.69, 9.17) is 10.5 Å². The molecule has 0 aliphatic carbocycles. The molecule has 170 valence electrons. The number of nitrogens with two attached hydrogens (primary N) is 1. The number of amides is 1. The Morgan fingerprint density at radius 3 is 2.91 bits per heavy atom. The molecule has 2 atom stereocenters. The van der Waals surface area contributed by atoms with Gasteiger partial charge in [0.15, 0.2) is 11.6 Å². The van der Waals surface area contributed by atoms with Crippen molar-refractivity contribution in [3.63, 3.8) is 0 Å². The van der Waals surface area contributed by atoms with Crippen LogP contribution in [0.15, 0.2) is 41.0 Å². The van der Waals surface area contributed by atoms with Crippen LogP contribution in [0.1, 0.15) is 52.7 Å². The lowest BCUT2D eigenvalue weighted by molar-refractivity contribution is 0.0785. The lowest BCUT2D eigenvalue weighted by atomic mass is 10.0. The number of likely N-dealkylation sites (tertiary alicyclic amines) is 1. The van der Waals surface area contributed by atoms with Crippen LogP contribution < -0.4 is 10.5 Å². The third-order valence-electron chi connectivity index (χ3n) is 5.74. The lowest BCUT2D eigenvalue weighted by Crippen LogP contribution is -2.30. The SMILES string of the molecule is CC(Oc1cc(Br)cnc1N)c1cc(F)ccc1C(=O)N1CCC(c2cc(C#N)n(C)n2)C1. The smallest absolute Gasteiger partial charge is 0.254 e. The molecule has 33 heavy (non-hydrogen) atoms. The van der Waals surface area contributed by atoms with Crippen LogP contribution in [-0.2, 0) is 7.05 Å². The Morgan fingerprint density at radius 1 is 1.39 bits per heavy atom. The number of hydrogen-bond acceptors (Lipinski definition) is 6. The highest BCUT2D eigenvalue weighted by Gasteiger charge is 2.31. The first kappa shape index (κ1) is 22.7. The Bertz CT molecular complexity index is 1250. The van der Waals surface area contributed by atoms with Gasteiger partial charge in [0.05, 0.1) is 5.69 Å². The molecule has 2 unspecified atom stereocenters. The summed E-state index contributed by atoms with van der Waals surface area (Å²) in [6, 6.07) is 9.60. The van der Waals surface area contributed by atoms with Crippen molar-refractivity contribution < 1.29 is 13.9 Å². The molecule has 0 bridgehead atoms. The molecule has 1 amide bonds. The van der Waals surface area contributed by atoms with E-state index in [1.165, 1.54) is 18.2 Å². The molecule has 3 aromatic rings. The Labute approximate surface area is 198 Å². The molecule has 0 spiro atoms. The van der Waals surface area contributed by atoms with Crippen molar-refractivity contribution in [2.45, 2.75) is 25.4 Å². The minimum atomic E-state index is -0.648. The van der Waals surface area contributed by atoms with Crippen LogP contribution in [0.3, 0.4) is 0 Å². The number of ether oxygens (including phenoxy) is 1. The number of hydrogen-bond donors (Lipinski definition) is 1. The molecule has 3 heterocycles. The number of carbonyl (C=O) groups excluding carboxylic acids is 1. The molecule has 0 radical (unpaired) electrons. The number of anilines is 1. The molecule has 1 fully saturated rings. The first-order valence-electron chi connectivity index (χ1n) is 10.4. The molecule has 10 heteroatoms. The third kappa shape index (κ3) is 4.68. The Morgan fingerprint density at radius 2 is 2.18 bits per heavy atom. The average Bonchev–Trinajstić information content (AvgIpc) is 3.42. The van der Waals surface area contributed by atoms with Crippen LogP contribution in [0.2, 0.25) is 0 Å². The van der Waals surface area contributed by atoms with E-state index in [-0.39, 0.29) is 17.6 Å². The number of benzene rings is 1. The summed E-state index contributed by atoms with van der Waals surface area (Å²) in [5.41, 5.74) is 7.96. The summed E-state index contributed by atoms with van der Waals surface area (Å²) in [5.74, 6) is -0.103. The molecular formula is C23H22BrFN6O2. The number of aromatic nitrogens is 3. The van der Waals surface area contributed by atoms with Gasteiger partial charge >= 0.3 is 0 Å². The third-order valence-corrected chi connectivity index (χ3v) is 6.17. The van der Waals surface area contributed by atoms with Crippen molar-refractivity contribution in [3.05, 3.63) is 69.3 Å². The number of carbonyl (C=O) groups is 1. The van der Waals surface area contributed by atoms with Gasteiger partial charge in [-0.2, -0.15) is 10.4 Å². The minimum absolute atomic E-state index is 0.0346. The van der Waals surface area contributed by atoms with E-state index in [0.29, 0.717) is 40.1 Å². The maximum Gasteiger partial charge on any atom is 0.254 e. The predicted molar refractivity (Wildman–Crippen MR) is 123 cm³/mol. The number of halogens is 2. The van der Waals surface area contributed by atoms with Crippen LogP contribution >= 0.6 is 15.9 Å². The lowest BCUT2D eigenvalue weighted by Gasteiger charge is -2.22. The predicted octanol–water partition coefficient (Wildman–Crippen LogP) is 3.94. The Hall–Kier alpha value is -3.45. The number of pyridine rings is 1. The van der Waals surface area contributed by atoms with Crippen LogP contribution in [0.4, 0.5) is 10.2 Å². The number of aryl methyl sites for hydroxylation is 1. The van der Waals surface area contributed by atoms with Gasteiger partial charge in [0, 0.05) is 47.9 Å². The van der Waals surface area contributed by atoms with Gasteiger partial charge in [0.2, 0.25) is 0 Å². The van der Waals surface area contributed by atoms with E-state index >= 15 is 0 Å². The van der Waals surface area contributed by atoms with Gasteiger partial charge in [0.1, 0.15) is 23.7 Å². The van der Waals surface area contributed by atoms with Gasteiger partial charge in [0.25, 0.3) is 5.91 Å². The highest BCUT2D eigenvalue weighted by atomic mass is 79.9. The summed E-state index contributed by atoms with van der Waals surface area (Å²) in [7, 11) is 1.72. The Balaban J connectivity index is 1.56. The second-order valence-corrected chi connectivity index (χ2v) is 8.87. The molecule has 1 aromatic carbocycles. The average molecular weight is 513 g/mol. The molecule has 2 aromatic heterocycles. The number of rotatable bonds is 5. The zero-order valence-electron chi connectivity index (χ0n) is 18.1. The highest BCUT2D eigenvalue weighted by molar-refractivity contribution is 9.10. The topological polar surface area (TPSA) is 110 Å². The maximum absolute atomic E-state index is 14.1. The second kappa shape index (κ2) is 9.19.